The fraction of sp³-hybridized carbons (Fsp3) is 0.350. The lowest BCUT2D eigenvalue weighted by Gasteiger charge is -2.27. The Bertz CT molecular complexity index is 1080. The van der Waals surface area contributed by atoms with Gasteiger partial charge in [-0.25, -0.2) is 9.78 Å². The summed E-state index contributed by atoms with van der Waals surface area (Å²) in [5, 5.41) is 12.0. The van der Waals surface area contributed by atoms with Gasteiger partial charge in [-0.3, -0.25) is 9.36 Å². The van der Waals surface area contributed by atoms with Gasteiger partial charge in [0, 0.05) is 16.9 Å². The average Bonchev–Trinajstić information content (AvgIpc) is 3.05. The molecule has 0 bridgehead atoms. The minimum atomic E-state index is -1.41. The Balaban J connectivity index is 2.39. The van der Waals surface area contributed by atoms with Crippen LogP contribution in [0.2, 0.25) is 0 Å². The largest absolute Gasteiger partial charge is 0.497 e. The highest BCUT2D eigenvalue weighted by atomic mass is 32.1. The minimum absolute atomic E-state index is 0.0944. The van der Waals surface area contributed by atoms with Crippen molar-refractivity contribution in [3.63, 3.8) is 0 Å². The maximum atomic E-state index is 13.4. The van der Waals surface area contributed by atoms with Crippen molar-refractivity contribution in [2.24, 2.45) is 0 Å². The zero-order valence-corrected chi connectivity index (χ0v) is 16.8. The van der Waals surface area contributed by atoms with Gasteiger partial charge >= 0.3 is 5.97 Å². The van der Waals surface area contributed by atoms with Crippen LogP contribution in [0.15, 0.2) is 34.4 Å². The van der Waals surface area contributed by atoms with E-state index in [1.165, 1.54) is 29.8 Å². The SMILES string of the molecule is COc1cccc(-c2csc3nc(C(C)C)n(C(C)(C)C(=O)O)c(=O)c23)c1. The van der Waals surface area contributed by atoms with E-state index >= 15 is 0 Å². The first-order valence-electron chi connectivity index (χ1n) is 8.61. The van der Waals surface area contributed by atoms with E-state index in [0.717, 1.165) is 11.1 Å². The number of benzene rings is 1. The number of hydrogen-bond donors (Lipinski definition) is 1. The first kappa shape index (κ1) is 19.1. The number of thiophene rings is 1. The van der Waals surface area contributed by atoms with Crippen LogP contribution in [0, 0.1) is 0 Å². The smallest absolute Gasteiger partial charge is 0.329 e. The van der Waals surface area contributed by atoms with Crippen LogP contribution in [-0.2, 0) is 10.3 Å². The third kappa shape index (κ3) is 3.12. The molecule has 142 valence electrons. The molecule has 0 fully saturated rings. The van der Waals surface area contributed by atoms with Crippen LogP contribution in [0.4, 0.5) is 0 Å². The molecular weight excluding hydrogens is 364 g/mol. The van der Waals surface area contributed by atoms with E-state index in [1.54, 1.807) is 7.11 Å². The molecule has 1 N–H and O–H groups in total. The highest BCUT2D eigenvalue weighted by Crippen LogP contribution is 2.34. The van der Waals surface area contributed by atoms with Gasteiger partial charge in [-0.05, 0) is 31.5 Å². The first-order chi connectivity index (χ1) is 12.7. The zero-order chi connectivity index (χ0) is 19.9. The number of carboxylic acid groups (broad SMARTS) is 1. The quantitative estimate of drug-likeness (QED) is 0.715. The molecule has 0 saturated heterocycles. The molecule has 2 heterocycles. The van der Waals surface area contributed by atoms with Crippen LogP contribution in [0.1, 0.15) is 39.4 Å². The summed E-state index contributed by atoms with van der Waals surface area (Å²) in [6.45, 7) is 6.85. The number of nitrogens with zero attached hydrogens (tertiary/aromatic N) is 2. The Kier molecular flexibility index (Phi) is 4.82. The second-order valence-corrected chi connectivity index (χ2v) is 8.05. The summed E-state index contributed by atoms with van der Waals surface area (Å²) < 4.78 is 6.60. The van der Waals surface area contributed by atoms with Gasteiger partial charge in [0.25, 0.3) is 5.56 Å². The molecule has 3 aromatic rings. The molecular formula is C20H22N2O4S. The lowest BCUT2D eigenvalue weighted by Crippen LogP contribution is -2.45. The summed E-state index contributed by atoms with van der Waals surface area (Å²) in [4.78, 5) is 30.6. The van der Waals surface area contributed by atoms with E-state index in [-0.39, 0.29) is 11.5 Å². The number of carbonyl (C=O) groups is 1. The highest BCUT2D eigenvalue weighted by Gasteiger charge is 2.35. The van der Waals surface area contributed by atoms with Crippen molar-refractivity contribution in [2.75, 3.05) is 7.11 Å². The van der Waals surface area contributed by atoms with Crippen molar-refractivity contribution in [1.29, 1.82) is 0 Å². The van der Waals surface area contributed by atoms with Crippen molar-refractivity contribution in [3.8, 4) is 16.9 Å². The van der Waals surface area contributed by atoms with E-state index < -0.39 is 11.5 Å². The lowest BCUT2D eigenvalue weighted by molar-refractivity contribution is -0.146. The number of aromatic nitrogens is 2. The van der Waals surface area contributed by atoms with Crippen molar-refractivity contribution in [2.45, 2.75) is 39.2 Å². The average molecular weight is 386 g/mol. The molecule has 1 aromatic carbocycles. The van der Waals surface area contributed by atoms with Crippen molar-refractivity contribution < 1.29 is 14.6 Å². The van der Waals surface area contributed by atoms with Crippen LogP contribution in [0.5, 0.6) is 5.75 Å². The van der Waals surface area contributed by atoms with Gasteiger partial charge in [0.15, 0.2) is 0 Å². The maximum absolute atomic E-state index is 13.4. The number of carboxylic acids is 1. The number of rotatable bonds is 5. The molecule has 6 nitrogen and oxygen atoms in total. The maximum Gasteiger partial charge on any atom is 0.329 e. The third-order valence-electron chi connectivity index (χ3n) is 4.61. The number of ether oxygens (including phenoxy) is 1. The molecule has 0 aliphatic rings. The monoisotopic (exact) mass is 386 g/mol. The van der Waals surface area contributed by atoms with Crippen LogP contribution in [0.25, 0.3) is 21.3 Å². The zero-order valence-electron chi connectivity index (χ0n) is 15.9. The molecule has 0 amide bonds. The molecule has 0 spiro atoms. The fourth-order valence-electron chi connectivity index (χ4n) is 3.03. The fourth-order valence-corrected chi connectivity index (χ4v) is 3.98. The predicted octanol–water partition coefficient (Wildman–Crippen LogP) is 4.08. The molecule has 0 atom stereocenters. The van der Waals surface area contributed by atoms with Crippen molar-refractivity contribution in [1.82, 2.24) is 9.55 Å². The summed E-state index contributed by atoms with van der Waals surface area (Å²) in [5.74, 6) is -0.0161. The molecule has 0 aliphatic carbocycles. The normalized spacial score (nSPS) is 11.9. The van der Waals surface area contributed by atoms with Gasteiger partial charge in [0.05, 0.1) is 12.5 Å². The number of methoxy groups -OCH3 is 1. The minimum Gasteiger partial charge on any atom is -0.497 e. The molecule has 27 heavy (non-hydrogen) atoms. The Morgan fingerprint density at radius 2 is 2.04 bits per heavy atom. The number of fused-ring (bicyclic) bond motifs is 1. The molecule has 0 unspecified atom stereocenters. The second kappa shape index (κ2) is 6.81. The van der Waals surface area contributed by atoms with Crippen LogP contribution < -0.4 is 10.3 Å². The van der Waals surface area contributed by atoms with E-state index in [0.29, 0.717) is 21.8 Å². The van der Waals surface area contributed by atoms with E-state index in [2.05, 4.69) is 4.98 Å². The van der Waals surface area contributed by atoms with E-state index in [9.17, 15) is 14.7 Å². The van der Waals surface area contributed by atoms with Crippen LogP contribution >= 0.6 is 11.3 Å². The molecule has 3 rings (SSSR count). The second-order valence-electron chi connectivity index (χ2n) is 7.19. The summed E-state index contributed by atoms with van der Waals surface area (Å²) in [7, 11) is 1.59. The Labute approximate surface area is 161 Å². The van der Waals surface area contributed by atoms with Crippen LogP contribution in [0.3, 0.4) is 0 Å². The highest BCUT2D eigenvalue weighted by molar-refractivity contribution is 7.17. The third-order valence-corrected chi connectivity index (χ3v) is 5.49. The predicted molar refractivity (Wildman–Crippen MR) is 107 cm³/mol. The number of hydrogen-bond acceptors (Lipinski definition) is 5. The number of aliphatic carboxylic acids is 1. The Morgan fingerprint density at radius 3 is 2.63 bits per heavy atom. The van der Waals surface area contributed by atoms with E-state index in [1.807, 2.05) is 43.5 Å². The lowest BCUT2D eigenvalue weighted by atomic mass is 10.0. The molecule has 0 saturated carbocycles. The van der Waals surface area contributed by atoms with E-state index in [4.69, 9.17) is 4.74 Å². The standard InChI is InChI=1S/C20H22N2O4S/c1-11(2)16-21-17-15(18(23)22(16)20(3,4)19(24)25)14(10-27-17)12-7-6-8-13(9-12)26-5/h6-11H,1-5H3,(H,24,25). The van der Waals surface area contributed by atoms with Gasteiger partial charge in [0.2, 0.25) is 0 Å². The molecule has 7 heteroatoms. The van der Waals surface area contributed by atoms with Gasteiger partial charge < -0.3 is 9.84 Å². The summed E-state index contributed by atoms with van der Waals surface area (Å²) in [5.41, 5.74) is -0.186. The summed E-state index contributed by atoms with van der Waals surface area (Å²) in [6.07, 6.45) is 0. The van der Waals surface area contributed by atoms with Gasteiger partial charge in [-0.1, -0.05) is 26.0 Å². The molecule has 0 aliphatic heterocycles. The Hall–Kier alpha value is -2.67. The summed E-state index contributed by atoms with van der Waals surface area (Å²) >= 11 is 1.38. The van der Waals surface area contributed by atoms with Crippen LogP contribution in [-0.4, -0.2) is 27.7 Å². The van der Waals surface area contributed by atoms with Gasteiger partial charge in [-0.2, -0.15) is 0 Å². The molecule has 0 radical (unpaired) electrons. The van der Waals surface area contributed by atoms with Gasteiger partial charge in [-0.15, -0.1) is 11.3 Å². The topological polar surface area (TPSA) is 81.4 Å². The Morgan fingerprint density at radius 1 is 1.33 bits per heavy atom. The summed E-state index contributed by atoms with van der Waals surface area (Å²) in [6, 6.07) is 7.43. The van der Waals surface area contributed by atoms with Crippen molar-refractivity contribution >= 4 is 27.5 Å². The van der Waals surface area contributed by atoms with Crippen molar-refractivity contribution in [3.05, 3.63) is 45.8 Å². The van der Waals surface area contributed by atoms with Gasteiger partial charge in [0.1, 0.15) is 21.9 Å². The first-order valence-corrected chi connectivity index (χ1v) is 9.49. The molecule has 2 aromatic heterocycles.